The highest BCUT2D eigenvalue weighted by Gasteiger charge is 2.15. The molecular formula is C10H13BrClN3. The summed E-state index contributed by atoms with van der Waals surface area (Å²) in [5.41, 5.74) is 0. The molecule has 1 aromatic rings. The van der Waals surface area contributed by atoms with Crippen LogP contribution in [0.3, 0.4) is 0 Å². The largest absolute Gasteiger partial charge is 0.365 e. The lowest BCUT2D eigenvalue weighted by atomic mass is 9.95. The molecule has 1 fully saturated rings. The minimum Gasteiger partial charge on any atom is -0.365 e. The lowest BCUT2D eigenvalue weighted by molar-refractivity contribution is 0.461. The number of aromatic nitrogens is 2. The summed E-state index contributed by atoms with van der Waals surface area (Å²) >= 11 is 9.15. The molecule has 0 aliphatic heterocycles. The molecular weight excluding hydrogens is 277 g/mol. The van der Waals surface area contributed by atoms with Crippen LogP contribution >= 0.6 is 27.5 Å². The summed E-state index contributed by atoms with van der Waals surface area (Å²) in [6.07, 6.45) is 6.39. The molecule has 1 heterocycles. The molecule has 0 unspecified atom stereocenters. The van der Waals surface area contributed by atoms with E-state index in [4.69, 9.17) is 11.6 Å². The van der Waals surface area contributed by atoms with Gasteiger partial charge in [0.25, 0.3) is 0 Å². The zero-order valence-corrected chi connectivity index (χ0v) is 10.7. The Bertz CT molecular complexity index is 339. The number of hydrogen-bond donors (Lipinski definition) is 1. The monoisotopic (exact) mass is 289 g/mol. The van der Waals surface area contributed by atoms with Crippen LogP contribution in [0.1, 0.15) is 32.1 Å². The third kappa shape index (κ3) is 3.05. The van der Waals surface area contributed by atoms with Gasteiger partial charge >= 0.3 is 0 Å². The fraction of sp³-hybridized carbons (Fsp3) is 0.600. The van der Waals surface area contributed by atoms with Crippen molar-refractivity contribution in [1.29, 1.82) is 0 Å². The van der Waals surface area contributed by atoms with Crippen molar-refractivity contribution in [2.45, 2.75) is 38.1 Å². The van der Waals surface area contributed by atoms with Crippen LogP contribution in [0.4, 0.5) is 5.82 Å². The maximum Gasteiger partial charge on any atom is 0.163 e. The number of hydrogen-bond acceptors (Lipinski definition) is 3. The van der Waals surface area contributed by atoms with Gasteiger partial charge in [-0.2, -0.15) is 0 Å². The minimum atomic E-state index is 0.413. The normalized spacial score (nSPS) is 17.7. The molecule has 1 aromatic heterocycles. The van der Waals surface area contributed by atoms with Crippen LogP contribution in [-0.2, 0) is 0 Å². The van der Waals surface area contributed by atoms with Gasteiger partial charge < -0.3 is 5.32 Å². The standard InChI is InChI=1S/C10H13BrClN3/c11-8-6-9(12)14-15-10(8)13-7-4-2-1-3-5-7/h6-7H,1-5H2,(H,13,15). The Labute approximate surface area is 103 Å². The third-order valence-corrected chi connectivity index (χ3v) is 3.45. The van der Waals surface area contributed by atoms with E-state index >= 15 is 0 Å². The summed E-state index contributed by atoms with van der Waals surface area (Å²) < 4.78 is 0.882. The molecule has 0 aromatic carbocycles. The summed E-state index contributed by atoms with van der Waals surface area (Å²) in [4.78, 5) is 0. The van der Waals surface area contributed by atoms with Gasteiger partial charge in [-0.3, -0.25) is 0 Å². The van der Waals surface area contributed by atoms with E-state index in [-0.39, 0.29) is 0 Å². The first-order chi connectivity index (χ1) is 7.25. The zero-order chi connectivity index (χ0) is 10.7. The topological polar surface area (TPSA) is 37.8 Å². The van der Waals surface area contributed by atoms with Crippen molar-refractivity contribution < 1.29 is 0 Å². The van der Waals surface area contributed by atoms with E-state index < -0.39 is 0 Å². The van der Waals surface area contributed by atoms with E-state index in [2.05, 4.69) is 31.4 Å². The van der Waals surface area contributed by atoms with Gasteiger partial charge in [-0.15, -0.1) is 10.2 Å². The van der Waals surface area contributed by atoms with Gasteiger partial charge in [-0.25, -0.2) is 0 Å². The summed E-state index contributed by atoms with van der Waals surface area (Å²) in [5, 5.41) is 11.7. The van der Waals surface area contributed by atoms with Gasteiger partial charge in [0.15, 0.2) is 11.0 Å². The van der Waals surface area contributed by atoms with Crippen LogP contribution in [0.5, 0.6) is 0 Å². The van der Waals surface area contributed by atoms with Gasteiger partial charge in [0.2, 0.25) is 0 Å². The van der Waals surface area contributed by atoms with E-state index in [1.165, 1.54) is 32.1 Å². The minimum absolute atomic E-state index is 0.413. The molecule has 1 aliphatic rings. The summed E-state index contributed by atoms with van der Waals surface area (Å²) in [7, 11) is 0. The highest BCUT2D eigenvalue weighted by molar-refractivity contribution is 9.10. The van der Waals surface area contributed by atoms with Crippen molar-refractivity contribution in [1.82, 2.24) is 10.2 Å². The molecule has 1 saturated carbocycles. The number of nitrogens with zero attached hydrogens (tertiary/aromatic N) is 2. The van der Waals surface area contributed by atoms with Crippen molar-refractivity contribution in [3.63, 3.8) is 0 Å². The fourth-order valence-electron chi connectivity index (χ4n) is 1.89. The molecule has 0 spiro atoms. The molecule has 82 valence electrons. The lowest BCUT2D eigenvalue weighted by Crippen LogP contribution is -2.23. The van der Waals surface area contributed by atoms with Crippen molar-refractivity contribution >= 4 is 33.3 Å². The SMILES string of the molecule is Clc1cc(Br)c(NC2CCCCC2)nn1. The molecule has 0 radical (unpaired) electrons. The smallest absolute Gasteiger partial charge is 0.163 e. The van der Waals surface area contributed by atoms with Gasteiger partial charge in [0.05, 0.1) is 4.47 Å². The first kappa shape index (κ1) is 11.1. The Balaban J connectivity index is 2.03. The third-order valence-electron chi connectivity index (χ3n) is 2.66. The second-order valence-corrected chi connectivity index (χ2v) is 5.08. The molecule has 0 atom stereocenters. The fourth-order valence-corrected chi connectivity index (χ4v) is 2.57. The van der Waals surface area contributed by atoms with Crippen molar-refractivity contribution in [3.8, 4) is 0 Å². The quantitative estimate of drug-likeness (QED) is 0.903. The van der Waals surface area contributed by atoms with Crippen molar-refractivity contribution in [2.24, 2.45) is 0 Å². The van der Waals surface area contributed by atoms with Gasteiger partial charge in [0, 0.05) is 6.04 Å². The van der Waals surface area contributed by atoms with Crippen molar-refractivity contribution in [2.75, 3.05) is 5.32 Å². The number of nitrogens with one attached hydrogen (secondary N) is 1. The van der Waals surface area contributed by atoms with Gasteiger partial charge in [-0.05, 0) is 34.8 Å². The van der Waals surface area contributed by atoms with E-state index in [0.717, 1.165) is 10.3 Å². The second kappa shape index (κ2) is 5.12. The Kier molecular flexibility index (Phi) is 3.81. The first-order valence-corrected chi connectivity index (χ1v) is 6.38. The molecule has 1 aliphatic carbocycles. The molecule has 0 bridgehead atoms. The summed E-state index contributed by atoms with van der Waals surface area (Å²) in [6, 6.07) is 2.30. The Hall–Kier alpha value is -0.350. The van der Waals surface area contributed by atoms with Crippen LogP contribution in [0.25, 0.3) is 0 Å². The second-order valence-electron chi connectivity index (χ2n) is 3.84. The molecule has 1 N–H and O–H groups in total. The Morgan fingerprint density at radius 2 is 2.00 bits per heavy atom. The number of anilines is 1. The van der Waals surface area contributed by atoms with Crippen LogP contribution in [0.15, 0.2) is 10.5 Å². The molecule has 2 rings (SSSR count). The predicted octanol–water partition coefficient (Wildman–Crippen LogP) is 3.64. The maximum absolute atomic E-state index is 5.73. The molecule has 0 amide bonds. The Morgan fingerprint density at radius 3 is 2.67 bits per heavy atom. The van der Waals surface area contributed by atoms with Crippen LogP contribution in [0, 0.1) is 0 Å². The Morgan fingerprint density at radius 1 is 1.27 bits per heavy atom. The number of halogens is 2. The highest BCUT2D eigenvalue weighted by Crippen LogP contribution is 2.25. The van der Waals surface area contributed by atoms with E-state index in [0.29, 0.717) is 11.2 Å². The number of rotatable bonds is 2. The van der Waals surface area contributed by atoms with Crippen LogP contribution < -0.4 is 5.32 Å². The van der Waals surface area contributed by atoms with Gasteiger partial charge in [0.1, 0.15) is 0 Å². The summed E-state index contributed by atoms with van der Waals surface area (Å²) in [6.45, 7) is 0. The van der Waals surface area contributed by atoms with Gasteiger partial charge in [-0.1, -0.05) is 30.9 Å². The average Bonchev–Trinajstić information content (AvgIpc) is 2.24. The van der Waals surface area contributed by atoms with E-state index in [9.17, 15) is 0 Å². The van der Waals surface area contributed by atoms with E-state index in [1.54, 1.807) is 6.07 Å². The summed E-state index contributed by atoms with van der Waals surface area (Å²) in [5.74, 6) is 0.798. The van der Waals surface area contributed by atoms with Crippen LogP contribution in [0.2, 0.25) is 5.15 Å². The molecule has 0 saturated heterocycles. The first-order valence-electron chi connectivity index (χ1n) is 5.21. The molecule has 5 heteroatoms. The average molecular weight is 291 g/mol. The van der Waals surface area contributed by atoms with Crippen LogP contribution in [-0.4, -0.2) is 16.2 Å². The maximum atomic E-state index is 5.73. The zero-order valence-electron chi connectivity index (χ0n) is 8.34. The lowest BCUT2D eigenvalue weighted by Gasteiger charge is -2.23. The molecule has 3 nitrogen and oxygen atoms in total. The predicted molar refractivity (Wildman–Crippen MR) is 65.2 cm³/mol. The highest BCUT2D eigenvalue weighted by atomic mass is 79.9. The van der Waals surface area contributed by atoms with Crippen molar-refractivity contribution in [3.05, 3.63) is 15.7 Å². The van der Waals surface area contributed by atoms with E-state index in [1.807, 2.05) is 0 Å². The molecule has 15 heavy (non-hydrogen) atoms.